The van der Waals surface area contributed by atoms with Gasteiger partial charge in [0.1, 0.15) is 6.10 Å². The molecule has 10 nitrogen and oxygen atoms in total. The highest BCUT2D eigenvalue weighted by Gasteiger charge is 2.70. The summed E-state index contributed by atoms with van der Waals surface area (Å²) in [6.45, 7) is 0.292. The predicted molar refractivity (Wildman–Crippen MR) is 107 cm³/mol. The van der Waals surface area contributed by atoms with Crippen LogP contribution in [-0.2, 0) is 25.6 Å². The van der Waals surface area contributed by atoms with E-state index in [0.29, 0.717) is 30.9 Å². The minimum atomic E-state index is -0.501. The summed E-state index contributed by atoms with van der Waals surface area (Å²) in [4.78, 5) is 45.3. The van der Waals surface area contributed by atoms with Gasteiger partial charge < -0.3 is 14.3 Å². The number of rotatable bonds is 6. The molecule has 2 heterocycles. The molecule has 0 spiro atoms. The fourth-order valence-electron chi connectivity index (χ4n) is 5.95. The number of amides is 3. The summed E-state index contributed by atoms with van der Waals surface area (Å²) in [6.07, 6.45) is 0.849. The van der Waals surface area contributed by atoms with Gasteiger partial charge in [-0.15, -0.1) is 0 Å². The van der Waals surface area contributed by atoms with Crippen LogP contribution in [0, 0.1) is 29.6 Å². The third-order valence-corrected chi connectivity index (χ3v) is 7.22. The molecule has 10 heteroatoms. The van der Waals surface area contributed by atoms with Crippen LogP contribution in [-0.4, -0.2) is 55.2 Å². The zero-order valence-electron chi connectivity index (χ0n) is 17.2. The van der Waals surface area contributed by atoms with Gasteiger partial charge in [-0.2, -0.15) is 0 Å². The first-order valence-corrected chi connectivity index (χ1v) is 10.3. The van der Waals surface area contributed by atoms with E-state index < -0.39 is 17.7 Å². The molecule has 164 valence electrons. The molecule has 0 unspecified atom stereocenters. The minimum absolute atomic E-state index is 0.116. The maximum Gasteiger partial charge on any atom is 0.283 e. The van der Waals surface area contributed by atoms with E-state index in [0.717, 1.165) is 5.56 Å². The molecule has 1 saturated heterocycles. The quantitative estimate of drug-likeness (QED) is 0.279. The number of oxime groups is 1. The zero-order valence-corrected chi connectivity index (χ0v) is 17.2. The molecule has 2 aliphatic carbocycles. The number of nitrogens with two attached hydrogens (primary N) is 1. The number of fused-ring (bicyclic) bond motifs is 8. The molecule has 1 aromatic rings. The fraction of sp³-hybridized carbons (Fsp3) is 0.524. The van der Waals surface area contributed by atoms with E-state index in [1.165, 1.54) is 4.90 Å². The van der Waals surface area contributed by atoms with Gasteiger partial charge in [-0.3, -0.25) is 24.7 Å². The lowest BCUT2D eigenvalue weighted by atomic mass is 9.72. The Hall–Kier alpha value is -3.14. The van der Waals surface area contributed by atoms with Gasteiger partial charge in [-0.1, -0.05) is 11.2 Å². The molecule has 3 N–H and O–H groups in total. The second-order valence-corrected chi connectivity index (χ2v) is 8.43. The topological polar surface area (TPSA) is 133 Å². The van der Waals surface area contributed by atoms with Crippen LogP contribution >= 0.6 is 0 Å². The summed E-state index contributed by atoms with van der Waals surface area (Å²) >= 11 is 0. The van der Waals surface area contributed by atoms with Crippen LogP contribution in [0.2, 0.25) is 0 Å². The first-order valence-electron chi connectivity index (χ1n) is 10.3. The van der Waals surface area contributed by atoms with Crippen LogP contribution in [0.25, 0.3) is 0 Å². The van der Waals surface area contributed by atoms with Crippen molar-refractivity contribution in [2.24, 2.45) is 40.6 Å². The fourth-order valence-corrected chi connectivity index (χ4v) is 5.95. The number of benzene rings is 1. The van der Waals surface area contributed by atoms with Gasteiger partial charge in [0.2, 0.25) is 11.8 Å². The number of likely N-dealkylation sites (tertiary alicyclic amines) is 1. The molecule has 2 aliphatic heterocycles. The van der Waals surface area contributed by atoms with Crippen LogP contribution in [0.5, 0.6) is 11.5 Å². The number of carbonyl (C=O) groups is 3. The largest absolute Gasteiger partial charge is 0.493 e. The van der Waals surface area contributed by atoms with E-state index in [2.05, 4.69) is 10.6 Å². The Bertz CT molecular complexity index is 994. The lowest BCUT2D eigenvalue weighted by Gasteiger charge is -2.29. The zero-order chi connectivity index (χ0) is 21.9. The third kappa shape index (κ3) is 2.74. The number of ether oxygens (including phenoxy) is 2. The van der Waals surface area contributed by atoms with E-state index in [1.807, 2.05) is 12.1 Å². The van der Waals surface area contributed by atoms with Crippen LogP contribution in [0.1, 0.15) is 12.0 Å². The van der Waals surface area contributed by atoms with Crippen molar-refractivity contribution in [3.63, 3.8) is 0 Å². The number of carbonyl (C=O) groups excluding carboxylic acids is 3. The van der Waals surface area contributed by atoms with Gasteiger partial charge in [-0.05, 0) is 36.5 Å². The minimum Gasteiger partial charge on any atom is -0.493 e. The van der Waals surface area contributed by atoms with Crippen molar-refractivity contribution in [2.45, 2.75) is 18.9 Å². The molecular formula is C21H24N4O6. The lowest BCUT2D eigenvalue weighted by Crippen LogP contribution is -2.46. The van der Waals surface area contributed by atoms with Gasteiger partial charge in [-0.25, -0.2) is 5.84 Å². The number of methoxy groups -OCH3 is 2. The highest BCUT2D eigenvalue weighted by Crippen LogP contribution is 2.61. The molecule has 3 amide bonds. The van der Waals surface area contributed by atoms with Crippen molar-refractivity contribution in [1.82, 2.24) is 10.3 Å². The standard InChI is InChI=1S/C21H24N4O6/c1-29-12-4-3-9(7-13(12)30-2)5-6-25-20(27)14-10-8-11(15(14)21(25)28)18-16(10)17(24-31-18)19(26)23-22/h3-4,7,10-11,14-16,18H,5-6,8,22H2,1-2H3,(H,23,26)/t10-,11-,14-,15-,16-,18+/m0/s1. The molecule has 5 rings (SSSR count). The Labute approximate surface area is 178 Å². The van der Waals surface area contributed by atoms with Gasteiger partial charge in [0.05, 0.1) is 32.0 Å². The monoisotopic (exact) mass is 428 g/mol. The summed E-state index contributed by atoms with van der Waals surface area (Å²) < 4.78 is 10.6. The van der Waals surface area contributed by atoms with Crippen molar-refractivity contribution in [3.8, 4) is 11.5 Å². The Morgan fingerprint density at radius 1 is 1.16 bits per heavy atom. The Morgan fingerprint density at radius 3 is 2.55 bits per heavy atom. The van der Waals surface area contributed by atoms with Crippen molar-refractivity contribution in [3.05, 3.63) is 23.8 Å². The number of hydrogen-bond acceptors (Lipinski definition) is 8. The molecule has 3 fully saturated rings. The van der Waals surface area contributed by atoms with E-state index in [9.17, 15) is 14.4 Å². The molecule has 4 aliphatic rings. The molecule has 0 radical (unpaired) electrons. The number of hydrazine groups is 1. The maximum absolute atomic E-state index is 13.2. The molecule has 6 atom stereocenters. The Kier molecular flexibility index (Phi) is 4.62. The lowest BCUT2D eigenvalue weighted by molar-refractivity contribution is -0.141. The second-order valence-electron chi connectivity index (χ2n) is 8.43. The van der Waals surface area contributed by atoms with Crippen LogP contribution in [0.4, 0.5) is 0 Å². The smallest absolute Gasteiger partial charge is 0.283 e. The van der Waals surface area contributed by atoms with Crippen molar-refractivity contribution in [2.75, 3.05) is 20.8 Å². The van der Waals surface area contributed by atoms with Crippen LogP contribution < -0.4 is 20.7 Å². The summed E-state index contributed by atoms with van der Waals surface area (Å²) in [5.41, 5.74) is 3.25. The first kappa shape index (κ1) is 19.8. The maximum atomic E-state index is 13.2. The predicted octanol–water partition coefficient (Wildman–Crippen LogP) is -0.142. The van der Waals surface area contributed by atoms with Gasteiger partial charge in [0.15, 0.2) is 17.2 Å². The van der Waals surface area contributed by atoms with Gasteiger partial charge >= 0.3 is 0 Å². The molecule has 1 aromatic carbocycles. The molecule has 31 heavy (non-hydrogen) atoms. The summed E-state index contributed by atoms with van der Waals surface area (Å²) in [7, 11) is 3.13. The number of imide groups is 1. The van der Waals surface area contributed by atoms with Crippen molar-refractivity contribution in [1.29, 1.82) is 0 Å². The van der Waals surface area contributed by atoms with Gasteiger partial charge in [0, 0.05) is 12.5 Å². The molecular weight excluding hydrogens is 404 g/mol. The normalized spacial score (nSPS) is 32.5. The average molecular weight is 428 g/mol. The summed E-state index contributed by atoms with van der Waals surface area (Å²) in [5.74, 6) is 4.29. The molecule has 0 aromatic heterocycles. The Morgan fingerprint density at radius 2 is 1.87 bits per heavy atom. The molecule has 2 saturated carbocycles. The summed E-state index contributed by atoms with van der Waals surface area (Å²) in [5, 5.41) is 3.90. The van der Waals surface area contributed by atoms with Crippen molar-refractivity contribution >= 4 is 23.4 Å². The Balaban J connectivity index is 1.33. The van der Waals surface area contributed by atoms with E-state index in [1.54, 1.807) is 20.3 Å². The van der Waals surface area contributed by atoms with Gasteiger partial charge in [0.25, 0.3) is 5.91 Å². The summed E-state index contributed by atoms with van der Waals surface area (Å²) in [6, 6.07) is 5.54. The number of hydrogen-bond donors (Lipinski definition) is 2. The van der Waals surface area contributed by atoms with E-state index in [-0.39, 0.29) is 41.4 Å². The molecule has 2 bridgehead atoms. The number of nitrogens with zero attached hydrogens (tertiary/aromatic N) is 2. The second kappa shape index (κ2) is 7.23. The first-order chi connectivity index (χ1) is 15.0. The van der Waals surface area contributed by atoms with Crippen molar-refractivity contribution < 1.29 is 28.7 Å². The number of nitrogens with one attached hydrogen (secondary N) is 1. The van der Waals surface area contributed by atoms with Crippen LogP contribution in [0.15, 0.2) is 23.4 Å². The van der Waals surface area contributed by atoms with E-state index >= 15 is 0 Å². The van der Waals surface area contributed by atoms with Crippen LogP contribution in [0.3, 0.4) is 0 Å². The highest BCUT2D eigenvalue weighted by molar-refractivity contribution is 6.40. The third-order valence-electron chi connectivity index (χ3n) is 7.22. The SMILES string of the molecule is COc1ccc(CCN2C(=O)[C@H]3[C@@H]4C[C@H]([C@H]5C(C(=O)NN)=NO[C@H]45)[C@@H]3C2=O)cc1OC. The highest BCUT2D eigenvalue weighted by atomic mass is 16.6. The average Bonchev–Trinajstić information content (AvgIpc) is 3.52. The van der Waals surface area contributed by atoms with E-state index in [4.69, 9.17) is 20.2 Å².